The summed E-state index contributed by atoms with van der Waals surface area (Å²) in [6, 6.07) is 0. The van der Waals surface area contributed by atoms with Crippen LogP contribution in [-0.2, 0) is 9.47 Å². The monoisotopic (exact) mass is 272 g/mol. The number of thioether (sulfide) groups is 1. The summed E-state index contributed by atoms with van der Waals surface area (Å²) in [5.41, 5.74) is 0.127. The summed E-state index contributed by atoms with van der Waals surface area (Å²) in [6.07, 6.45) is 7.88. The summed E-state index contributed by atoms with van der Waals surface area (Å²) < 4.78 is 12.3. The van der Waals surface area contributed by atoms with Gasteiger partial charge in [0.25, 0.3) is 0 Å². The summed E-state index contributed by atoms with van der Waals surface area (Å²) >= 11 is 2.01. The molecule has 1 aliphatic carbocycles. The Morgan fingerprint density at radius 1 is 1.11 bits per heavy atom. The average Bonchev–Trinajstić information content (AvgIpc) is 2.80. The maximum atomic E-state index is 9.52. The molecule has 2 unspecified atom stereocenters. The van der Waals surface area contributed by atoms with E-state index in [1.54, 1.807) is 0 Å². The van der Waals surface area contributed by atoms with E-state index in [0.717, 1.165) is 50.9 Å². The van der Waals surface area contributed by atoms with Crippen LogP contribution >= 0.6 is 11.8 Å². The number of hydrogen-bond acceptors (Lipinski definition) is 4. The van der Waals surface area contributed by atoms with E-state index in [4.69, 9.17) is 9.47 Å². The van der Waals surface area contributed by atoms with Crippen molar-refractivity contribution >= 4 is 11.8 Å². The van der Waals surface area contributed by atoms with Crippen LogP contribution in [0.1, 0.15) is 44.9 Å². The Hall–Kier alpha value is 0.230. The third kappa shape index (κ3) is 3.03. The Balaban J connectivity index is 1.50. The highest BCUT2D eigenvalue weighted by atomic mass is 32.2. The van der Waals surface area contributed by atoms with Crippen LogP contribution in [0.5, 0.6) is 0 Å². The summed E-state index contributed by atoms with van der Waals surface area (Å²) in [6.45, 7) is 0.862. The average molecular weight is 272 g/mol. The molecule has 0 amide bonds. The zero-order chi connectivity index (χ0) is 12.4. The lowest BCUT2D eigenvalue weighted by Crippen LogP contribution is -2.44. The molecule has 2 atom stereocenters. The normalized spacial score (nSPS) is 45.5. The third-order valence-electron chi connectivity index (χ3n) is 4.54. The molecule has 0 aromatic carbocycles. The van der Waals surface area contributed by atoms with E-state index >= 15 is 0 Å². The van der Waals surface area contributed by atoms with Crippen molar-refractivity contribution in [2.24, 2.45) is 0 Å². The van der Waals surface area contributed by atoms with Gasteiger partial charge in [-0.05, 0) is 44.3 Å². The van der Waals surface area contributed by atoms with Crippen LogP contribution in [0.3, 0.4) is 0 Å². The molecule has 4 heteroatoms. The Bertz CT molecular complexity index is 270. The van der Waals surface area contributed by atoms with Gasteiger partial charge in [-0.25, -0.2) is 0 Å². The minimum atomic E-state index is -0.0860. The molecule has 3 fully saturated rings. The van der Waals surface area contributed by atoms with Crippen molar-refractivity contribution in [2.45, 2.75) is 68.9 Å². The van der Waals surface area contributed by atoms with Crippen molar-refractivity contribution < 1.29 is 14.6 Å². The lowest BCUT2D eigenvalue weighted by atomic mass is 9.90. The first-order chi connectivity index (χ1) is 8.76. The Labute approximate surface area is 114 Å². The fraction of sp³-hybridized carbons (Fsp3) is 1.00. The summed E-state index contributed by atoms with van der Waals surface area (Å²) in [7, 11) is 0. The molecule has 2 saturated heterocycles. The van der Waals surface area contributed by atoms with Crippen molar-refractivity contribution in [3.8, 4) is 0 Å². The standard InChI is InChI=1S/C14H24O3S/c15-11-1-3-12(4-2-11)17-13-5-7-16-14(9-13)6-8-18-10-14/h11-13,15H,1-10H2. The topological polar surface area (TPSA) is 38.7 Å². The maximum Gasteiger partial charge on any atom is 0.0805 e. The largest absolute Gasteiger partial charge is 0.393 e. The first kappa shape index (κ1) is 13.2. The molecular formula is C14H24O3S. The lowest BCUT2D eigenvalue weighted by Gasteiger charge is -2.39. The second-order valence-corrected chi connectivity index (χ2v) is 7.12. The number of rotatable bonds is 2. The van der Waals surface area contributed by atoms with E-state index in [2.05, 4.69) is 0 Å². The van der Waals surface area contributed by atoms with Crippen LogP contribution < -0.4 is 0 Å². The van der Waals surface area contributed by atoms with Gasteiger partial charge in [-0.2, -0.15) is 11.8 Å². The van der Waals surface area contributed by atoms with Crippen molar-refractivity contribution in [2.75, 3.05) is 18.1 Å². The molecule has 3 aliphatic rings. The van der Waals surface area contributed by atoms with Crippen molar-refractivity contribution in [1.82, 2.24) is 0 Å². The van der Waals surface area contributed by atoms with Crippen molar-refractivity contribution in [3.63, 3.8) is 0 Å². The van der Waals surface area contributed by atoms with Crippen molar-refractivity contribution in [1.29, 1.82) is 0 Å². The predicted octanol–water partition coefficient (Wildman–Crippen LogP) is 2.36. The van der Waals surface area contributed by atoms with E-state index in [-0.39, 0.29) is 11.7 Å². The van der Waals surface area contributed by atoms with Gasteiger partial charge in [-0.1, -0.05) is 0 Å². The third-order valence-corrected chi connectivity index (χ3v) is 5.77. The number of ether oxygens (including phenoxy) is 2. The van der Waals surface area contributed by atoms with E-state index < -0.39 is 0 Å². The van der Waals surface area contributed by atoms with Gasteiger partial charge >= 0.3 is 0 Å². The predicted molar refractivity (Wildman–Crippen MR) is 73.0 cm³/mol. The smallest absolute Gasteiger partial charge is 0.0805 e. The number of aliphatic hydroxyl groups excluding tert-OH is 1. The minimum absolute atomic E-state index is 0.0860. The summed E-state index contributed by atoms with van der Waals surface area (Å²) in [5, 5.41) is 9.52. The van der Waals surface area contributed by atoms with Crippen LogP contribution in [0.4, 0.5) is 0 Å². The Kier molecular flexibility index (Phi) is 4.18. The van der Waals surface area contributed by atoms with Crippen LogP contribution in [-0.4, -0.2) is 47.1 Å². The van der Waals surface area contributed by atoms with E-state index in [1.807, 2.05) is 11.8 Å². The number of aliphatic hydroxyl groups is 1. The van der Waals surface area contributed by atoms with Gasteiger partial charge < -0.3 is 14.6 Å². The van der Waals surface area contributed by atoms with Crippen molar-refractivity contribution in [3.05, 3.63) is 0 Å². The molecule has 0 aromatic rings. The zero-order valence-electron chi connectivity index (χ0n) is 11.0. The molecule has 0 aromatic heterocycles. The summed E-state index contributed by atoms with van der Waals surface area (Å²) in [5.74, 6) is 2.39. The first-order valence-corrected chi connectivity index (χ1v) is 8.46. The molecule has 1 spiro atoms. The second-order valence-electron chi connectivity index (χ2n) is 6.02. The highest BCUT2D eigenvalue weighted by Gasteiger charge is 2.41. The van der Waals surface area contributed by atoms with Gasteiger partial charge in [0.2, 0.25) is 0 Å². The van der Waals surface area contributed by atoms with Gasteiger partial charge in [0.05, 0.1) is 23.9 Å². The molecular weight excluding hydrogens is 248 g/mol. The van der Waals surface area contributed by atoms with Crippen LogP contribution in [0.25, 0.3) is 0 Å². The first-order valence-electron chi connectivity index (χ1n) is 7.31. The van der Waals surface area contributed by atoms with E-state index in [0.29, 0.717) is 12.2 Å². The molecule has 3 nitrogen and oxygen atoms in total. The molecule has 0 bridgehead atoms. The molecule has 0 radical (unpaired) electrons. The molecule has 3 rings (SSSR count). The quantitative estimate of drug-likeness (QED) is 0.837. The summed E-state index contributed by atoms with van der Waals surface area (Å²) in [4.78, 5) is 0. The van der Waals surface area contributed by atoms with E-state index in [9.17, 15) is 5.11 Å². The van der Waals surface area contributed by atoms with Crippen LogP contribution in [0.15, 0.2) is 0 Å². The Morgan fingerprint density at radius 2 is 1.94 bits per heavy atom. The molecule has 104 valence electrons. The van der Waals surface area contributed by atoms with Gasteiger partial charge in [-0.3, -0.25) is 0 Å². The van der Waals surface area contributed by atoms with Crippen LogP contribution in [0.2, 0.25) is 0 Å². The van der Waals surface area contributed by atoms with Gasteiger partial charge in [0, 0.05) is 18.8 Å². The maximum absolute atomic E-state index is 9.52. The number of hydrogen-bond donors (Lipinski definition) is 1. The van der Waals surface area contributed by atoms with Gasteiger partial charge in [0.15, 0.2) is 0 Å². The lowest BCUT2D eigenvalue weighted by molar-refractivity contribution is -0.144. The molecule has 1 saturated carbocycles. The Morgan fingerprint density at radius 3 is 2.67 bits per heavy atom. The SMILES string of the molecule is OC1CCC(OC2CCOC3(CCSC3)C2)CC1. The molecule has 2 heterocycles. The highest BCUT2D eigenvalue weighted by molar-refractivity contribution is 7.99. The zero-order valence-corrected chi connectivity index (χ0v) is 11.8. The molecule has 1 N–H and O–H groups in total. The molecule has 18 heavy (non-hydrogen) atoms. The van der Waals surface area contributed by atoms with E-state index in [1.165, 1.54) is 12.2 Å². The van der Waals surface area contributed by atoms with Gasteiger partial charge in [0.1, 0.15) is 0 Å². The molecule has 2 aliphatic heterocycles. The van der Waals surface area contributed by atoms with Crippen LogP contribution in [0, 0.1) is 0 Å². The minimum Gasteiger partial charge on any atom is -0.393 e. The van der Waals surface area contributed by atoms with Gasteiger partial charge in [-0.15, -0.1) is 0 Å². The fourth-order valence-electron chi connectivity index (χ4n) is 3.42. The highest BCUT2D eigenvalue weighted by Crippen LogP contribution is 2.39. The second kappa shape index (κ2) is 5.70. The fourth-order valence-corrected chi connectivity index (χ4v) is 4.79.